The Morgan fingerprint density at radius 1 is 1.53 bits per heavy atom. The van der Waals surface area contributed by atoms with Crippen LogP contribution in [0.5, 0.6) is 0 Å². The minimum absolute atomic E-state index is 0.362. The molecule has 1 saturated heterocycles. The molecule has 17 heavy (non-hydrogen) atoms. The molecule has 2 aromatic rings. The summed E-state index contributed by atoms with van der Waals surface area (Å²) in [4.78, 5) is 12.1. The lowest BCUT2D eigenvalue weighted by Crippen LogP contribution is -2.44. The molecule has 1 aliphatic rings. The van der Waals surface area contributed by atoms with E-state index in [1.807, 2.05) is 0 Å². The summed E-state index contributed by atoms with van der Waals surface area (Å²) in [5.41, 5.74) is 0. The fourth-order valence-electron chi connectivity index (χ4n) is 2.08. The molecule has 0 bridgehead atoms. The highest BCUT2D eigenvalue weighted by Crippen LogP contribution is 2.34. The maximum Gasteiger partial charge on any atom is 0.141 e. The van der Waals surface area contributed by atoms with Gasteiger partial charge in [0.05, 0.1) is 28.4 Å². The van der Waals surface area contributed by atoms with Crippen LogP contribution in [0.2, 0.25) is 0 Å². The summed E-state index contributed by atoms with van der Waals surface area (Å²) in [6.07, 6.45) is 1.64. The van der Waals surface area contributed by atoms with Gasteiger partial charge in [0.25, 0.3) is 0 Å². The summed E-state index contributed by atoms with van der Waals surface area (Å²) in [5, 5.41) is 1.12. The van der Waals surface area contributed by atoms with E-state index >= 15 is 0 Å². The molecule has 6 heteroatoms. The minimum Gasteiger partial charge on any atom is -0.377 e. The Kier molecular flexibility index (Phi) is 3.02. The number of aromatic nitrogens is 2. The van der Waals surface area contributed by atoms with E-state index < -0.39 is 0 Å². The summed E-state index contributed by atoms with van der Waals surface area (Å²) in [6, 6.07) is 2.46. The number of hydrogen-bond acceptors (Lipinski definition) is 5. The van der Waals surface area contributed by atoms with Crippen LogP contribution in [0, 0.1) is 0 Å². The lowest BCUT2D eigenvalue weighted by Gasteiger charge is -2.34. The van der Waals surface area contributed by atoms with Crippen molar-refractivity contribution in [3.05, 3.63) is 16.2 Å². The van der Waals surface area contributed by atoms with Crippen molar-refractivity contribution in [2.24, 2.45) is 0 Å². The summed E-state index contributed by atoms with van der Waals surface area (Å²) in [6.45, 7) is 4.58. The number of ether oxygens (including phenoxy) is 1. The molecule has 0 saturated carbocycles. The van der Waals surface area contributed by atoms with Crippen LogP contribution in [-0.4, -0.2) is 35.8 Å². The molecule has 0 aliphatic carbocycles. The van der Waals surface area contributed by atoms with Crippen LogP contribution in [0.4, 0.5) is 5.82 Å². The molecule has 0 amide bonds. The molecule has 0 N–H and O–H groups in total. The maximum atomic E-state index is 5.46. The van der Waals surface area contributed by atoms with Crippen molar-refractivity contribution in [3.63, 3.8) is 0 Å². The van der Waals surface area contributed by atoms with Crippen molar-refractivity contribution in [1.29, 1.82) is 0 Å². The summed E-state index contributed by atoms with van der Waals surface area (Å²) in [5.74, 6) is 1.02. The van der Waals surface area contributed by atoms with Crippen molar-refractivity contribution in [2.75, 3.05) is 24.7 Å². The molecule has 1 unspecified atom stereocenters. The van der Waals surface area contributed by atoms with E-state index in [-0.39, 0.29) is 0 Å². The Morgan fingerprint density at radius 3 is 3.24 bits per heavy atom. The largest absolute Gasteiger partial charge is 0.377 e. The van der Waals surface area contributed by atoms with Gasteiger partial charge >= 0.3 is 0 Å². The number of halogens is 1. The second-order valence-electron chi connectivity index (χ2n) is 4.08. The third-order valence-corrected chi connectivity index (χ3v) is 4.46. The van der Waals surface area contributed by atoms with Crippen LogP contribution in [0.3, 0.4) is 0 Å². The van der Waals surface area contributed by atoms with Crippen molar-refractivity contribution < 1.29 is 4.74 Å². The smallest absolute Gasteiger partial charge is 0.141 e. The molecule has 0 radical (unpaired) electrons. The van der Waals surface area contributed by atoms with Crippen molar-refractivity contribution in [3.8, 4) is 0 Å². The number of rotatable bonds is 1. The van der Waals surface area contributed by atoms with Crippen molar-refractivity contribution in [1.82, 2.24) is 9.97 Å². The van der Waals surface area contributed by atoms with Crippen molar-refractivity contribution in [2.45, 2.75) is 13.0 Å². The van der Waals surface area contributed by atoms with E-state index in [2.05, 4.69) is 43.8 Å². The Morgan fingerprint density at radius 2 is 2.41 bits per heavy atom. The summed E-state index contributed by atoms with van der Waals surface area (Å²) < 4.78 is 6.55. The first-order valence-electron chi connectivity index (χ1n) is 5.50. The Labute approximate surface area is 112 Å². The topological polar surface area (TPSA) is 38.2 Å². The molecular formula is C11H12BrN3OS. The Hall–Kier alpha value is -0.720. The predicted molar refractivity (Wildman–Crippen MR) is 72.7 cm³/mol. The van der Waals surface area contributed by atoms with E-state index in [9.17, 15) is 0 Å². The molecule has 0 spiro atoms. The van der Waals surface area contributed by atoms with Crippen molar-refractivity contribution >= 4 is 43.3 Å². The van der Waals surface area contributed by atoms with E-state index in [4.69, 9.17) is 4.74 Å². The van der Waals surface area contributed by atoms with Crippen LogP contribution in [0.15, 0.2) is 16.2 Å². The third kappa shape index (κ3) is 2.05. The lowest BCUT2D eigenvalue weighted by molar-refractivity contribution is 0.0987. The quantitative estimate of drug-likeness (QED) is 0.811. The van der Waals surface area contributed by atoms with E-state index in [0.717, 1.165) is 39.6 Å². The molecule has 1 fully saturated rings. The zero-order valence-electron chi connectivity index (χ0n) is 9.39. The maximum absolute atomic E-state index is 5.46. The average molecular weight is 314 g/mol. The van der Waals surface area contributed by atoms with Gasteiger partial charge in [-0.1, -0.05) is 0 Å². The number of thiophene rings is 1. The van der Waals surface area contributed by atoms with Crippen LogP contribution < -0.4 is 4.90 Å². The van der Waals surface area contributed by atoms with E-state index in [1.54, 1.807) is 17.7 Å². The number of morpholine rings is 1. The van der Waals surface area contributed by atoms with Gasteiger partial charge in [0.15, 0.2) is 0 Å². The molecule has 3 heterocycles. The molecule has 1 atom stereocenters. The molecule has 3 rings (SSSR count). The zero-order chi connectivity index (χ0) is 11.8. The standard InChI is InChI=1S/C11H12BrN3OS/c1-7-5-16-3-2-15(7)10-8-4-9(12)17-11(8)14-6-13-10/h4,6-7H,2-3,5H2,1H3. The highest BCUT2D eigenvalue weighted by Gasteiger charge is 2.22. The lowest BCUT2D eigenvalue weighted by atomic mass is 10.2. The second kappa shape index (κ2) is 4.51. The van der Waals surface area contributed by atoms with Crippen LogP contribution in [0.25, 0.3) is 10.2 Å². The first-order chi connectivity index (χ1) is 8.25. The van der Waals surface area contributed by atoms with Gasteiger partial charge in [-0.15, -0.1) is 11.3 Å². The zero-order valence-corrected chi connectivity index (χ0v) is 11.8. The van der Waals surface area contributed by atoms with Gasteiger partial charge < -0.3 is 9.64 Å². The second-order valence-corrected chi connectivity index (χ2v) is 6.49. The van der Waals surface area contributed by atoms with Gasteiger partial charge in [-0.2, -0.15) is 0 Å². The first-order valence-corrected chi connectivity index (χ1v) is 7.11. The highest BCUT2D eigenvalue weighted by atomic mass is 79.9. The average Bonchev–Trinajstić information content (AvgIpc) is 2.70. The molecule has 4 nitrogen and oxygen atoms in total. The van der Waals surface area contributed by atoms with Gasteiger partial charge in [-0.05, 0) is 28.9 Å². The molecule has 90 valence electrons. The van der Waals surface area contributed by atoms with Gasteiger partial charge in [0, 0.05) is 6.54 Å². The highest BCUT2D eigenvalue weighted by molar-refractivity contribution is 9.11. The first kappa shape index (κ1) is 11.4. The molecule has 0 aromatic carbocycles. The Balaban J connectivity index is 2.09. The van der Waals surface area contributed by atoms with Crippen LogP contribution >= 0.6 is 27.3 Å². The minimum atomic E-state index is 0.362. The van der Waals surface area contributed by atoms with Crippen LogP contribution in [-0.2, 0) is 4.74 Å². The van der Waals surface area contributed by atoms with Gasteiger partial charge in [0.1, 0.15) is 17.0 Å². The fourth-order valence-corrected chi connectivity index (χ4v) is 3.49. The Bertz CT molecular complexity index is 544. The third-order valence-electron chi connectivity index (χ3n) is 2.92. The number of nitrogens with zero attached hydrogens (tertiary/aromatic N) is 3. The fraction of sp³-hybridized carbons (Fsp3) is 0.455. The van der Waals surface area contributed by atoms with Crippen LogP contribution in [0.1, 0.15) is 6.92 Å². The number of hydrogen-bond donors (Lipinski definition) is 0. The van der Waals surface area contributed by atoms with Gasteiger partial charge in [0.2, 0.25) is 0 Å². The number of fused-ring (bicyclic) bond motifs is 1. The van der Waals surface area contributed by atoms with E-state index in [0.29, 0.717) is 6.04 Å². The van der Waals surface area contributed by atoms with Gasteiger partial charge in [-0.25, -0.2) is 9.97 Å². The molecule has 1 aliphatic heterocycles. The van der Waals surface area contributed by atoms with E-state index in [1.165, 1.54) is 0 Å². The SMILES string of the molecule is CC1COCCN1c1ncnc2sc(Br)cc12. The predicted octanol–water partition coefficient (Wildman–Crippen LogP) is 2.68. The molecular weight excluding hydrogens is 302 g/mol. The summed E-state index contributed by atoms with van der Waals surface area (Å²) >= 11 is 5.14. The summed E-state index contributed by atoms with van der Waals surface area (Å²) in [7, 11) is 0. The monoisotopic (exact) mass is 313 g/mol. The van der Waals surface area contributed by atoms with Gasteiger partial charge in [-0.3, -0.25) is 0 Å². The normalized spacial score (nSPS) is 21.1. The number of anilines is 1. The molecule has 2 aromatic heterocycles.